The summed E-state index contributed by atoms with van der Waals surface area (Å²) < 4.78 is 0. The Hall–Kier alpha value is -2.93. The van der Waals surface area contributed by atoms with E-state index in [-0.39, 0.29) is 5.78 Å². The molecule has 0 aromatic rings. The largest absolute Gasteiger partial charge is 0.295 e. The number of carbonyl (C=O) groups is 1. The Morgan fingerprint density at radius 1 is 0.594 bits per heavy atom. The quantitative estimate of drug-likeness (QED) is 0.113. The Morgan fingerprint density at radius 2 is 1.06 bits per heavy atom. The Kier molecular flexibility index (Phi) is 23.7. The molecule has 1 nitrogen and oxygen atoms in total. The fraction of sp³-hybridized carbons (Fsp3) is 0.323. The molecule has 0 rings (SSSR count). The summed E-state index contributed by atoms with van der Waals surface area (Å²) in [5.41, 5.74) is 0. The second-order valence-electron chi connectivity index (χ2n) is 7.25. The lowest BCUT2D eigenvalue weighted by Crippen LogP contribution is -1.87. The van der Waals surface area contributed by atoms with Crippen molar-refractivity contribution in [2.24, 2.45) is 0 Å². The van der Waals surface area contributed by atoms with Crippen LogP contribution < -0.4 is 0 Å². The van der Waals surface area contributed by atoms with Gasteiger partial charge < -0.3 is 0 Å². The van der Waals surface area contributed by atoms with Crippen molar-refractivity contribution < 1.29 is 4.79 Å². The van der Waals surface area contributed by atoms with E-state index in [2.05, 4.69) is 73.4 Å². The molecule has 172 valence electrons. The van der Waals surface area contributed by atoms with E-state index in [1.165, 1.54) is 25.7 Å². The Bertz CT molecular complexity index is 718. The van der Waals surface area contributed by atoms with Crippen LogP contribution in [-0.4, -0.2) is 5.78 Å². The number of rotatable bonds is 19. The molecular formula is C31H42O. The summed E-state index contributed by atoms with van der Waals surface area (Å²) in [6.45, 7) is 5.50. The van der Waals surface area contributed by atoms with Gasteiger partial charge in [-0.2, -0.15) is 0 Å². The maximum absolute atomic E-state index is 11.3. The average molecular weight is 431 g/mol. The summed E-state index contributed by atoms with van der Waals surface area (Å²) in [7, 11) is 0. The molecule has 0 spiro atoms. The van der Waals surface area contributed by atoms with Crippen LogP contribution in [0.5, 0.6) is 0 Å². The van der Waals surface area contributed by atoms with Crippen molar-refractivity contribution in [2.45, 2.75) is 64.7 Å². The highest BCUT2D eigenvalue weighted by atomic mass is 16.1. The first-order valence-electron chi connectivity index (χ1n) is 11.9. The molecule has 0 saturated heterocycles. The molecule has 0 heterocycles. The molecule has 32 heavy (non-hydrogen) atoms. The Morgan fingerprint density at radius 3 is 1.56 bits per heavy atom. The van der Waals surface area contributed by atoms with Crippen molar-refractivity contribution in [2.75, 3.05) is 0 Å². The molecule has 0 bridgehead atoms. The number of ketones is 1. The van der Waals surface area contributed by atoms with Crippen LogP contribution >= 0.6 is 0 Å². The lowest BCUT2D eigenvalue weighted by molar-refractivity contribution is -0.113. The van der Waals surface area contributed by atoms with E-state index in [1.807, 2.05) is 37.3 Å². The third-order valence-corrected chi connectivity index (χ3v) is 4.35. The van der Waals surface area contributed by atoms with E-state index < -0.39 is 0 Å². The van der Waals surface area contributed by atoms with Crippen LogP contribution in [-0.2, 0) is 4.79 Å². The molecule has 0 aliphatic carbocycles. The van der Waals surface area contributed by atoms with Gasteiger partial charge in [0, 0.05) is 6.42 Å². The first-order chi connectivity index (χ1) is 15.8. The summed E-state index contributed by atoms with van der Waals surface area (Å²) in [5, 5.41) is 0. The normalized spacial score (nSPS) is 13.4. The molecule has 1 heteroatoms. The van der Waals surface area contributed by atoms with Gasteiger partial charge in [-0.3, -0.25) is 4.79 Å². The minimum Gasteiger partial charge on any atom is -0.295 e. The molecular weight excluding hydrogens is 388 g/mol. The molecule has 0 unspecified atom stereocenters. The number of allylic oxidation sites excluding steroid dienone is 19. The van der Waals surface area contributed by atoms with Gasteiger partial charge in [0.25, 0.3) is 0 Å². The van der Waals surface area contributed by atoms with Gasteiger partial charge in [0.1, 0.15) is 0 Å². The fourth-order valence-corrected chi connectivity index (χ4v) is 2.67. The van der Waals surface area contributed by atoms with Gasteiger partial charge >= 0.3 is 0 Å². The van der Waals surface area contributed by atoms with Crippen molar-refractivity contribution in [3.8, 4) is 0 Å². The summed E-state index contributed by atoms with van der Waals surface area (Å²) in [6, 6.07) is 0. The van der Waals surface area contributed by atoms with Crippen LogP contribution in [0.25, 0.3) is 0 Å². The van der Waals surface area contributed by atoms with Crippen molar-refractivity contribution in [1.29, 1.82) is 0 Å². The first-order valence-corrected chi connectivity index (χ1v) is 11.9. The zero-order valence-electron chi connectivity index (χ0n) is 19.9. The van der Waals surface area contributed by atoms with Crippen LogP contribution in [0.15, 0.2) is 122 Å². The van der Waals surface area contributed by atoms with Gasteiger partial charge in [-0.15, -0.1) is 0 Å². The minimum absolute atomic E-state index is 0.134. The topological polar surface area (TPSA) is 17.1 Å². The summed E-state index contributed by atoms with van der Waals surface area (Å²) in [6.07, 6.45) is 48.3. The SMILES string of the molecule is C=CC=CC=CCCCCCCC=CC=CCC=CC=CCC=CC=CCC(=O)C=CC. The predicted molar refractivity (Wildman–Crippen MR) is 145 cm³/mol. The van der Waals surface area contributed by atoms with Crippen LogP contribution in [0.1, 0.15) is 64.7 Å². The van der Waals surface area contributed by atoms with Gasteiger partial charge in [-0.1, -0.05) is 129 Å². The smallest absolute Gasteiger partial charge is 0.159 e. The number of hydrogen-bond donors (Lipinski definition) is 0. The highest BCUT2D eigenvalue weighted by molar-refractivity contribution is 5.90. The third-order valence-electron chi connectivity index (χ3n) is 4.35. The van der Waals surface area contributed by atoms with E-state index >= 15 is 0 Å². The standard InChI is InChI=1S/C31H42O/c1-3-5-6-7-8-9-10-11-12-13-14-15-16-17-18-19-20-21-22-23-24-25-26-27-28-30-31(32)29-4-2/h3-8,15-18,20-23,25-29H,1,9-14,19,24,30H2,2H3. The van der Waals surface area contributed by atoms with Crippen LogP contribution in [0.4, 0.5) is 0 Å². The second kappa shape index (κ2) is 26.1. The third kappa shape index (κ3) is 25.1. The van der Waals surface area contributed by atoms with Gasteiger partial charge in [-0.05, 0) is 51.5 Å². The van der Waals surface area contributed by atoms with Gasteiger partial charge in [0.15, 0.2) is 5.78 Å². The van der Waals surface area contributed by atoms with Crippen LogP contribution in [0, 0.1) is 0 Å². The van der Waals surface area contributed by atoms with Gasteiger partial charge in [0.05, 0.1) is 0 Å². The Labute approximate surface area is 197 Å². The highest BCUT2D eigenvalue weighted by Gasteiger charge is 1.88. The summed E-state index contributed by atoms with van der Waals surface area (Å²) >= 11 is 0. The van der Waals surface area contributed by atoms with Crippen molar-refractivity contribution >= 4 is 5.78 Å². The van der Waals surface area contributed by atoms with Crippen molar-refractivity contribution in [3.05, 3.63) is 122 Å². The Balaban J connectivity index is 3.60. The number of unbranched alkanes of at least 4 members (excludes halogenated alkanes) is 5. The molecule has 0 aliphatic heterocycles. The van der Waals surface area contributed by atoms with E-state index in [0.29, 0.717) is 6.42 Å². The fourth-order valence-electron chi connectivity index (χ4n) is 2.67. The predicted octanol–water partition coefficient (Wildman–Crippen LogP) is 9.28. The number of hydrogen-bond acceptors (Lipinski definition) is 1. The molecule has 0 N–H and O–H groups in total. The minimum atomic E-state index is 0.134. The molecule has 0 radical (unpaired) electrons. The number of carbonyl (C=O) groups excluding carboxylic acids is 1. The van der Waals surface area contributed by atoms with Crippen LogP contribution in [0.3, 0.4) is 0 Å². The van der Waals surface area contributed by atoms with Gasteiger partial charge in [-0.25, -0.2) is 0 Å². The van der Waals surface area contributed by atoms with Crippen LogP contribution in [0.2, 0.25) is 0 Å². The van der Waals surface area contributed by atoms with E-state index in [0.717, 1.165) is 25.7 Å². The van der Waals surface area contributed by atoms with Crippen molar-refractivity contribution in [1.82, 2.24) is 0 Å². The molecule has 0 aromatic carbocycles. The monoisotopic (exact) mass is 430 g/mol. The molecule has 0 atom stereocenters. The maximum Gasteiger partial charge on any atom is 0.159 e. The van der Waals surface area contributed by atoms with Gasteiger partial charge in [0.2, 0.25) is 0 Å². The van der Waals surface area contributed by atoms with E-state index in [1.54, 1.807) is 18.2 Å². The lowest BCUT2D eigenvalue weighted by Gasteiger charge is -1.96. The molecule has 0 amide bonds. The molecule has 0 aliphatic rings. The summed E-state index contributed by atoms with van der Waals surface area (Å²) in [5.74, 6) is 0.134. The second-order valence-corrected chi connectivity index (χ2v) is 7.25. The average Bonchev–Trinajstić information content (AvgIpc) is 2.79. The zero-order valence-corrected chi connectivity index (χ0v) is 19.9. The molecule has 0 saturated carbocycles. The van der Waals surface area contributed by atoms with E-state index in [4.69, 9.17) is 0 Å². The first kappa shape index (κ1) is 29.1. The zero-order chi connectivity index (χ0) is 23.4. The molecule has 0 fully saturated rings. The molecule has 0 aromatic heterocycles. The van der Waals surface area contributed by atoms with E-state index in [9.17, 15) is 4.79 Å². The van der Waals surface area contributed by atoms with Crippen molar-refractivity contribution in [3.63, 3.8) is 0 Å². The highest BCUT2D eigenvalue weighted by Crippen LogP contribution is 2.06. The lowest BCUT2D eigenvalue weighted by atomic mass is 10.1. The maximum atomic E-state index is 11.3. The summed E-state index contributed by atoms with van der Waals surface area (Å²) in [4.78, 5) is 11.3.